The first-order valence-corrected chi connectivity index (χ1v) is 7.30. The molecule has 1 aliphatic rings. The monoisotopic (exact) mass is 297 g/mol. The maximum Gasteiger partial charge on any atom is 0.331 e. The molecule has 0 unspecified atom stereocenters. The molecule has 1 aliphatic carbocycles. The Kier molecular flexibility index (Phi) is 4.89. The van der Waals surface area contributed by atoms with E-state index >= 15 is 0 Å². The van der Waals surface area contributed by atoms with Crippen molar-refractivity contribution in [3.63, 3.8) is 0 Å². The molecular formula is C15H20ClNO3. The van der Waals surface area contributed by atoms with Crippen molar-refractivity contribution in [2.24, 2.45) is 0 Å². The van der Waals surface area contributed by atoms with E-state index in [1.807, 2.05) is 25.1 Å². The zero-order valence-corrected chi connectivity index (χ0v) is 12.6. The lowest BCUT2D eigenvalue weighted by molar-refractivity contribution is -0.158. The minimum Gasteiger partial charge on any atom is -0.464 e. The molecule has 5 heteroatoms. The smallest absolute Gasteiger partial charge is 0.331 e. The minimum atomic E-state index is -0.721. The molecule has 0 spiro atoms. The van der Waals surface area contributed by atoms with E-state index in [9.17, 15) is 4.79 Å². The van der Waals surface area contributed by atoms with E-state index in [2.05, 4.69) is 5.32 Å². The molecule has 0 bridgehead atoms. The Balaban J connectivity index is 2.13. The quantitative estimate of drug-likeness (QED) is 0.819. The van der Waals surface area contributed by atoms with E-state index in [1.54, 1.807) is 13.0 Å². The number of carbonyl (C=O) groups is 1. The summed E-state index contributed by atoms with van der Waals surface area (Å²) in [5.41, 5.74) is 0.0260. The van der Waals surface area contributed by atoms with Gasteiger partial charge in [0.25, 0.3) is 0 Å². The number of ether oxygens (including phenoxy) is 2. The van der Waals surface area contributed by atoms with Gasteiger partial charge in [-0.15, -0.1) is 0 Å². The van der Waals surface area contributed by atoms with Crippen molar-refractivity contribution >= 4 is 23.3 Å². The number of anilines is 1. The Hall–Kier alpha value is -1.26. The van der Waals surface area contributed by atoms with Gasteiger partial charge in [0.2, 0.25) is 0 Å². The minimum absolute atomic E-state index is 0.0967. The fourth-order valence-electron chi connectivity index (χ4n) is 2.48. The van der Waals surface area contributed by atoms with Gasteiger partial charge in [-0.05, 0) is 26.0 Å². The van der Waals surface area contributed by atoms with Crippen LogP contribution in [0.4, 0.5) is 5.69 Å². The average molecular weight is 298 g/mol. The van der Waals surface area contributed by atoms with E-state index in [4.69, 9.17) is 21.1 Å². The van der Waals surface area contributed by atoms with Crippen LogP contribution in [0.1, 0.15) is 26.7 Å². The second-order valence-corrected chi connectivity index (χ2v) is 5.30. The topological polar surface area (TPSA) is 47.6 Å². The SMILES string of the molecule is CCOC(=O)C1(Nc2ccccc2Cl)CC(OCC)C1. The van der Waals surface area contributed by atoms with E-state index in [0.717, 1.165) is 5.69 Å². The summed E-state index contributed by atoms with van der Waals surface area (Å²) < 4.78 is 10.7. The van der Waals surface area contributed by atoms with Crippen LogP contribution >= 0.6 is 11.6 Å². The zero-order chi connectivity index (χ0) is 14.6. The van der Waals surface area contributed by atoms with E-state index in [-0.39, 0.29) is 12.1 Å². The first-order chi connectivity index (χ1) is 9.61. The molecule has 0 aliphatic heterocycles. The van der Waals surface area contributed by atoms with Crippen LogP contribution in [0.5, 0.6) is 0 Å². The Morgan fingerprint density at radius 2 is 2.05 bits per heavy atom. The predicted molar refractivity (Wildman–Crippen MR) is 79.1 cm³/mol. The number of esters is 1. The molecular weight excluding hydrogens is 278 g/mol. The standard InChI is InChI=1S/C15H20ClNO3/c1-3-19-11-9-15(10-11,14(18)20-4-2)17-13-8-6-5-7-12(13)16/h5-8,11,17H,3-4,9-10H2,1-2H3. The summed E-state index contributed by atoms with van der Waals surface area (Å²) in [5, 5.41) is 3.84. The molecule has 1 aromatic rings. The van der Waals surface area contributed by atoms with Crippen molar-refractivity contribution in [3.8, 4) is 0 Å². The second-order valence-electron chi connectivity index (χ2n) is 4.89. The maximum absolute atomic E-state index is 12.2. The van der Waals surface area contributed by atoms with Gasteiger partial charge in [-0.2, -0.15) is 0 Å². The van der Waals surface area contributed by atoms with Crippen LogP contribution < -0.4 is 5.32 Å². The summed E-state index contributed by atoms with van der Waals surface area (Å²) in [6.45, 7) is 4.77. The highest BCUT2D eigenvalue weighted by molar-refractivity contribution is 6.33. The van der Waals surface area contributed by atoms with Gasteiger partial charge in [-0.1, -0.05) is 23.7 Å². The Morgan fingerprint density at radius 3 is 2.65 bits per heavy atom. The zero-order valence-electron chi connectivity index (χ0n) is 11.8. The van der Waals surface area contributed by atoms with Crippen LogP contribution in [0, 0.1) is 0 Å². The molecule has 0 aromatic heterocycles. The lowest BCUT2D eigenvalue weighted by Crippen LogP contribution is -2.60. The van der Waals surface area contributed by atoms with Crippen LogP contribution in [-0.4, -0.2) is 30.8 Å². The summed E-state index contributed by atoms with van der Waals surface area (Å²) in [4.78, 5) is 12.2. The fourth-order valence-corrected chi connectivity index (χ4v) is 2.66. The van der Waals surface area contributed by atoms with E-state index in [1.165, 1.54) is 0 Å². The number of halogens is 1. The predicted octanol–water partition coefficient (Wildman–Crippen LogP) is 3.25. The summed E-state index contributed by atoms with van der Waals surface area (Å²) in [7, 11) is 0. The maximum atomic E-state index is 12.2. The first kappa shape index (κ1) is 15.1. The first-order valence-electron chi connectivity index (χ1n) is 6.93. The van der Waals surface area contributed by atoms with Gasteiger partial charge >= 0.3 is 5.97 Å². The lowest BCUT2D eigenvalue weighted by Gasteiger charge is -2.45. The van der Waals surface area contributed by atoms with Gasteiger partial charge in [0, 0.05) is 19.4 Å². The molecule has 0 heterocycles. The lowest BCUT2D eigenvalue weighted by atomic mass is 9.73. The van der Waals surface area contributed by atoms with E-state index < -0.39 is 5.54 Å². The van der Waals surface area contributed by atoms with Crippen LogP contribution in [0.25, 0.3) is 0 Å². The molecule has 2 rings (SSSR count). The highest BCUT2D eigenvalue weighted by atomic mass is 35.5. The molecule has 1 fully saturated rings. The average Bonchev–Trinajstić information content (AvgIpc) is 2.38. The number of rotatable bonds is 6. The van der Waals surface area contributed by atoms with Crippen molar-refractivity contribution in [1.82, 2.24) is 0 Å². The van der Waals surface area contributed by atoms with Gasteiger partial charge < -0.3 is 14.8 Å². The van der Waals surface area contributed by atoms with E-state index in [0.29, 0.717) is 31.1 Å². The molecule has 0 amide bonds. The third-order valence-electron chi connectivity index (χ3n) is 3.47. The van der Waals surface area contributed by atoms with Gasteiger partial charge in [0.05, 0.1) is 23.4 Å². The summed E-state index contributed by atoms with van der Waals surface area (Å²) in [5.74, 6) is -0.240. The summed E-state index contributed by atoms with van der Waals surface area (Å²) in [6, 6.07) is 7.39. The Labute approximate surface area is 124 Å². The van der Waals surface area contributed by atoms with Crippen LogP contribution in [-0.2, 0) is 14.3 Å². The molecule has 110 valence electrons. The molecule has 0 atom stereocenters. The number of carbonyl (C=O) groups excluding carboxylic acids is 1. The molecule has 20 heavy (non-hydrogen) atoms. The largest absolute Gasteiger partial charge is 0.464 e. The normalized spacial score (nSPS) is 24.9. The number of hydrogen-bond acceptors (Lipinski definition) is 4. The van der Waals surface area contributed by atoms with Gasteiger partial charge in [-0.25, -0.2) is 4.79 Å². The Bertz CT molecular complexity index is 472. The van der Waals surface area contributed by atoms with Gasteiger partial charge in [0.15, 0.2) is 0 Å². The molecule has 1 N–H and O–H groups in total. The molecule has 0 saturated heterocycles. The molecule has 4 nitrogen and oxygen atoms in total. The highest BCUT2D eigenvalue weighted by Crippen LogP contribution is 2.40. The number of benzene rings is 1. The van der Waals surface area contributed by atoms with Gasteiger partial charge in [-0.3, -0.25) is 0 Å². The van der Waals surface area contributed by atoms with Crippen LogP contribution in [0.2, 0.25) is 5.02 Å². The third-order valence-corrected chi connectivity index (χ3v) is 3.80. The van der Waals surface area contributed by atoms with Crippen molar-refractivity contribution in [1.29, 1.82) is 0 Å². The van der Waals surface area contributed by atoms with Crippen molar-refractivity contribution in [3.05, 3.63) is 29.3 Å². The number of nitrogens with one attached hydrogen (secondary N) is 1. The van der Waals surface area contributed by atoms with Crippen molar-refractivity contribution < 1.29 is 14.3 Å². The number of para-hydroxylation sites is 1. The van der Waals surface area contributed by atoms with Crippen LogP contribution in [0.3, 0.4) is 0 Å². The third kappa shape index (κ3) is 3.07. The van der Waals surface area contributed by atoms with Crippen molar-refractivity contribution in [2.45, 2.75) is 38.3 Å². The molecule has 1 aromatic carbocycles. The summed E-state index contributed by atoms with van der Waals surface area (Å²) in [6.07, 6.45) is 1.30. The van der Waals surface area contributed by atoms with Crippen LogP contribution in [0.15, 0.2) is 24.3 Å². The summed E-state index contributed by atoms with van der Waals surface area (Å²) >= 11 is 6.14. The van der Waals surface area contributed by atoms with Gasteiger partial charge in [0.1, 0.15) is 5.54 Å². The Morgan fingerprint density at radius 1 is 1.35 bits per heavy atom. The number of hydrogen-bond donors (Lipinski definition) is 1. The highest BCUT2D eigenvalue weighted by Gasteiger charge is 2.52. The molecule has 0 radical (unpaired) electrons. The fraction of sp³-hybridized carbons (Fsp3) is 0.533. The van der Waals surface area contributed by atoms with Crippen molar-refractivity contribution in [2.75, 3.05) is 18.5 Å². The molecule has 1 saturated carbocycles. The second kappa shape index (κ2) is 6.46.